The van der Waals surface area contributed by atoms with Crippen molar-refractivity contribution in [3.63, 3.8) is 0 Å². The van der Waals surface area contributed by atoms with E-state index >= 15 is 0 Å². The minimum absolute atomic E-state index is 0.140. The van der Waals surface area contributed by atoms with E-state index < -0.39 is 11.9 Å². The highest BCUT2D eigenvalue weighted by Crippen LogP contribution is 2.29. The monoisotopic (exact) mass is 465 g/mol. The van der Waals surface area contributed by atoms with Gasteiger partial charge in [-0.25, -0.2) is 14.6 Å². The highest BCUT2D eigenvalue weighted by atomic mass is 127. The van der Waals surface area contributed by atoms with Crippen LogP contribution in [0.15, 0.2) is 27.1 Å². The zero-order valence-corrected chi connectivity index (χ0v) is 14.7. The zero-order valence-electron chi connectivity index (χ0n) is 11.0. The predicted octanol–water partition coefficient (Wildman–Crippen LogP) is 3.28. The summed E-state index contributed by atoms with van der Waals surface area (Å²) in [5.74, 6) is -1.70. The summed E-state index contributed by atoms with van der Waals surface area (Å²) in [5, 5.41) is 0. The molecule has 0 atom stereocenters. The Labute approximate surface area is 142 Å². The number of aromatic nitrogens is 1. The van der Waals surface area contributed by atoms with Gasteiger partial charge in [0.15, 0.2) is 0 Å². The van der Waals surface area contributed by atoms with Crippen LogP contribution in [0.5, 0.6) is 0 Å². The average Bonchev–Trinajstić information content (AvgIpc) is 2.93. The van der Waals surface area contributed by atoms with Crippen molar-refractivity contribution in [3.05, 3.63) is 37.7 Å². The van der Waals surface area contributed by atoms with E-state index in [9.17, 15) is 9.59 Å². The molecule has 0 bridgehead atoms. The van der Waals surface area contributed by atoms with E-state index in [4.69, 9.17) is 4.42 Å². The van der Waals surface area contributed by atoms with Gasteiger partial charge in [0.25, 0.3) is 0 Å². The Bertz CT molecular complexity index is 679. The Balaban J connectivity index is 2.61. The molecule has 0 saturated heterocycles. The number of ether oxygens (including phenoxy) is 2. The largest absolute Gasteiger partial charge is 0.464 e. The molecule has 0 aliphatic heterocycles. The van der Waals surface area contributed by atoms with Crippen molar-refractivity contribution < 1.29 is 23.5 Å². The van der Waals surface area contributed by atoms with E-state index in [1.54, 1.807) is 6.07 Å². The minimum Gasteiger partial charge on any atom is -0.464 e. The molecule has 1 aromatic carbocycles. The zero-order chi connectivity index (χ0) is 15.6. The molecular formula is C13H9BrINO5. The number of benzene rings is 1. The molecule has 2 aromatic rings. The van der Waals surface area contributed by atoms with Gasteiger partial charge in [-0.1, -0.05) is 15.9 Å². The predicted molar refractivity (Wildman–Crippen MR) is 85.0 cm³/mol. The third-order valence-corrected chi connectivity index (χ3v) is 3.97. The van der Waals surface area contributed by atoms with E-state index in [0.29, 0.717) is 5.56 Å². The molecular weight excluding hydrogens is 457 g/mol. The van der Waals surface area contributed by atoms with Crippen LogP contribution in [0.3, 0.4) is 0 Å². The van der Waals surface area contributed by atoms with Crippen LogP contribution in [0.2, 0.25) is 0 Å². The summed E-state index contributed by atoms with van der Waals surface area (Å²) in [5.41, 5.74) is 0.431. The summed E-state index contributed by atoms with van der Waals surface area (Å²) >= 11 is 5.45. The summed E-state index contributed by atoms with van der Waals surface area (Å²) in [7, 11) is 2.38. The topological polar surface area (TPSA) is 78.6 Å². The number of methoxy groups -OCH3 is 2. The molecule has 0 aliphatic rings. The molecule has 0 amide bonds. The fourth-order valence-corrected chi connectivity index (χ4v) is 2.49. The van der Waals surface area contributed by atoms with Crippen molar-refractivity contribution >= 4 is 50.5 Å². The van der Waals surface area contributed by atoms with Crippen LogP contribution in [-0.2, 0) is 9.47 Å². The smallest absolute Gasteiger partial charge is 0.376 e. The lowest BCUT2D eigenvalue weighted by Crippen LogP contribution is -2.10. The van der Waals surface area contributed by atoms with Crippen LogP contribution in [0.1, 0.15) is 21.0 Å². The number of hydrogen-bond acceptors (Lipinski definition) is 6. The lowest BCUT2D eigenvalue weighted by molar-refractivity contribution is 0.0527. The van der Waals surface area contributed by atoms with Gasteiger partial charge >= 0.3 is 11.9 Å². The molecule has 8 heteroatoms. The molecule has 110 valence electrons. The van der Waals surface area contributed by atoms with Crippen molar-refractivity contribution in [1.82, 2.24) is 4.98 Å². The first-order chi connectivity index (χ1) is 9.97. The van der Waals surface area contributed by atoms with E-state index in [1.165, 1.54) is 14.2 Å². The fraction of sp³-hybridized carbons (Fsp3) is 0.154. The maximum Gasteiger partial charge on any atom is 0.376 e. The third-order valence-electron chi connectivity index (χ3n) is 2.54. The van der Waals surface area contributed by atoms with Crippen LogP contribution in [0.25, 0.3) is 11.5 Å². The molecule has 21 heavy (non-hydrogen) atoms. The second-order valence-electron chi connectivity index (χ2n) is 3.80. The first-order valence-electron chi connectivity index (χ1n) is 5.60. The van der Waals surface area contributed by atoms with Gasteiger partial charge in [-0.15, -0.1) is 0 Å². The number of halogens is 2. The van der Waals surface area contributed by atoms with Gasteiger partial charge in [-0.05, 0) is 40.8 Å². The van der Waals surface area contributed by atoms with Gasteiger partial charge in [-0.3, -0.25) is 0 Å². The first-order valence-corrected chi connectivity index (χ1v) is 7.48. The van der Waals surface area contributed by atoms with Gasteiger partial charge in [0.1, 0.15) is 0 Å². The number of carbonyl (C=O) groups excluding carboxylic acids is 2. The minimum atomic E-state index is -0.792. The van der Waals surface area contributed by atoms with Crippen LogP contribution >= 0.6 is 38.5 Å². The molecule has 0 saturated carbocycles. The van der Waals surface area contributed by atoms with Crippen LogP contribution in [-0.4, -0.2) is 31.1 Å². The molecule has 2 rings (SSSR count). The fourth-order valence-electron chi connectivity index (χ4n) is 1.56. The molecule has 0 aliphatic carbocycles. The van der Waals surface area contributed by atoms with E-state index in [2.05, 4.69) is 53.0 Å². The SMILES string of the molecule is COC(=O)c1nc(-c2cc(Br)ccc2I)oc1C(=O)OC. The molecule has 0 fully saturated rings. The van der Waals surface area contributed by atoms with Crippen molar-refractivity contribution in [3.8, 4) is 11.5 Å². The van der Waals surface area contributed by atoms with E-state index in [1.807, 2.05) is 12.1 Å². The number of nitrogens with zero attached hydrogens (tertiary/aromatic N) is 1. The molecule has 0 radical (unpaired) electrons. The van der Waals surface area contributed by atoms with Crippen LogP contribution < -0.4 is 0 Å². The lowest BCUT2D eigenvalue weighted by Gasteiger charge is -2.00. The molecule has 6 nitrogen and oxygen atoms in total. The first kappa shape index (κ1) is 16.0. The van der Waals surface area contributed by atoms with E-state index in [-0.39, 0.29) is 17.3 Å². The molecule has 0 spiro atoms. The quantitative estimate of drug-likeness (QED) is 0.511. The van der Waals surface area contributed by atoms with Crippen molar-refractivity contribution in [2.45, 2.75) is 0 Å². The summed E-state index contributed by atoms with van der Waals surface area (Å²) in [6.07, 6.45) is 0. The Hall–Kier alpha value is -1.42. The van der Waals surface area contributed by atoms with Crippen molar-refractivity contribution in [2.75, 3.05) is 14.2 Å². The Morgan fingerprint density at radius 1 is 1.24 bits per heavy atom. The summed E-state index contributed by atoms with van der Waals surface area (Å²) in [6, 6.07) is 5.48. The Kier molecular flexibility index (Phi) is 4.99. The maximum atomic E-state index is 11.7. The average molecular weight is 466 g/mol. The van der Waals surface area contributed by atoms with Gasteiger partial charge in [0, 0.05) is 8.04 Å². The van der Waals surface area contributed by atoms with Crippen molar-refractivity contribution in [2.24, 2.45) is 0 Å². The molecule has 1 aromatic heterocycles. The summed E-state index contributed by atoms with van der Waals surface area (Å²) < 4.78 is 16.2. The van der Waals surface area contributed by atoms with Gasteiger partial charge < -0.3 is 13.9 Å². The number of hydrogen-bond donors (Lipinski definition) is 0. The molecule has 1 heterocycles. The summed E-state index contributed by atoms with van der Waals surface area (Å²) in [4.78, 5) is 27.4. The van der Waals surface area contributed by atoms with Crippen molar-refractivity contribution in [1.29, 1.82) is 0 Å². The van der Waals surface area contributed by atoms with E-state index in [0.717, 1.165) is 8.04 Å². The van der Waals surface area contributed by atoms with Crippen LogP contribution in [0, 0.1) is 3.57 Å². The third kappa shape index (κ3) is 3.26. The number of rotatable bonds is 3. The summed E-state index contributed by atoms with van der Waals surface area (Å²) in [6.45, 7) is 0. The maximum absolute atomic E-state index is 11.7. The lowest BCUT2D eigenvalue weighted by atomic mass is 10.2. The second-order valence-corrected chi connectivity index (χ2v) is 5.88. The van der Waals surface area contributed by atoms with Gasteiger partial charge in [-0.2, -0.15) is 0 Å². The highest BCUT2D eigenvalue weighted by Gasteiger charge is 2.28. The Morgan fingerprint density at radius 2 is 1.90 bits per heavy atom. The molecule has 0 N–H and O–H groups in total. The molecule has 0 unspecified atom stereocenters. The van der Waals surface area contributed by atoms with Gasteiger partial charge in [0.2, 0.25) is 17.3 Å². The van der Waals surface area contributed by atoms with Crippen LogP contribution in [0.4, 0.5) is 0 Å². The number of esters is 2. The normalized spacial score (nSPS) is 10.3. The Morgan fingerprint density at radius 3 is 2.52 bits per heavy atom. The van der Waals surface area contributed by atoms with Gasteiger partial charge in [0.05, 0.1) is 19.8 Å². The highest BCUT2D eigenvalue weighted by molar-refractivity contribution is 14.1. The second kappa shape index (κ2) is 6.56. The standard InChI is InChI=1S/C13H9BrINO5/c1-19-12(17)9-10(13(18)20-2)21-11(16-9)7-5-6(14)3-4-8(7)15/h3-5H,1-2H3. The number of carbonyl (C=O) groups is 2. The number of oxazole rings is 1.